The van der Waals surface area contributed by atoms with Crippen molar-refractivity contribution in [1.29, 1.82) is 0 Å². The Labute approximate surface area is 111 Å². The average Bonchev–Trinajstić information content (AvgIpc) is 2.26. The van der Waals surface area contributed by atoms with Crippen LogP contribution in [-0.4, -0.2) is 16.5 Å². The van der Waals surface area contributed by atoms with Crippen molar-refractivity contribution < 1.29 is 0 Å². The maximum Gasteiger partial charge on any atom is 0.239 e. The topological polar surface area (TPSA) is 75.9 Å². The molecule has 0 aromatic carbocycles. The molecule has 1 atom stereocenters. The van der Waals surface area contributed by atoms with Crippen LogP contribution in [0.2, 0.25) is 0 Å². The number of hydrazine groups is 1. The minimum atomic E-state index is 0.265. The molecule has 0 saturated carbocycles. The molecule has 1 aromatic heterocycles. The van der Waals surface area contributed by atoms with E-state index in [-0.39, 0.29) is 5.41 Å². The first kappa shape index (κ1) is 14.2. The van der Waals surface area contributed by atoms with Gasteiger partial charge >= 0.3 is 0 Å². The number of hydrogen-bond acceptors (Lipinski definition) is 5. The van der Waals surface area contributed by atoms with E-state index in [0.29, 0.717) is 11.9 Å². The molecule has 5 nitrogen and oxygen atoms in total. The first-order chi connectivity index (χ1) is 7.84. The van der Waals surface area contributed by atoms with Crippen LogP contribution in [0.4, 0.5) is 11.8 Å². The van der Waals surface area contributed by atoms with Gasteiger partial charge in [-0.1, -0.05) is 27.7 Å². The fourth-order valence-corrected chi connectivity index (χ4v) is 1.45. The Kier molecular flexibility index (Phi) is 4.70. The van der Waals surface area contributed by atoms with Gasteiger partial charge in [0.1, 0.15) is 5.82 Å². The summed E-state index contributed by atoms with van der Waals surface area (Å²) in [4.78, 5) is 8.24. The van der Waals surface area contributed by atoms with Crippen LogP contribution in [0.15, 0.2) is 10.7 Å². The predicted octanol–water partition coefficient (Wildman–Crippen LogP) is 2.62. The smallest absolute Gasteiger partial charge is 0.239 e. The van der Waals surface area contributed by atoms with Crippen molar-refractivity contribution in [2.24, 2.45) is 17.2 Å². The number of hydrogen-bond donors (Lipinski definition) is 3. The SMILES string of the molecule is CC(CNc1nc(NN)ncc1Br)C(C)(C)C. The Morgan fingerprint density at radius 2 is 2.12 bits per heavy atom. The molecule has 0 spiro atoms. The van der Waals surface area contributed by atoms with Crippen LogP contribution in [0.5, 0.6) is 0 Å². The van der Waals surface area contributed by atoms with E-state index < -0.39 is 0 Å². The third-order valence-corrected chi connectivity index (χ3v) is 3.51. The van der Waals surface area contributed by atoms with Crippen molar-refractivity contribution in [3.8, 4) is 0 Å². The van der Waals surface area contributed by atoms with E-state index in [0.717, 1.165) is 16.8 Å². The molecular formula is C11H20BrN5. The minimum absolute atomic E-state index is 0.265. The maximum atomic E-state index is 5.28. The summed E-state index contributed by atoms with van der Waals surface area (Å²) in [5.41, 5.74) is 2.69. The number of nitrogens with one attached hydrogen (secondary N) is 2. The van der Waals surface area contributed by atoms with Crippen LogP contribution in [0.1, 0.15) is 27.7 Å². The van der Waals surface area contributed by atoms with Gasteiger partial charge in [0.15, 0.2) is 0 Å². The first-order valence-electron chi connectivity index (χ1n) is 5.57. The highest BCUT2D eigenvalue weighted by Crippen LogP contribution is 2.26. The number of anilines is 2. The fraction of sp³-hybridized carbons (Fsp3) is 0.636. The molecule has 1 aromatic rings. The third kappa shape index (κ3) is 4.12. The van der Waals surface area contributed by atoms with Crippen LogP contribution >= 0.6 is 15.9 Å². The predicted molar refractivity (Wildman–Crippen MR) is 74.7 cm³/mol. The normalized spacial score (nSPS) is 13.3. The molecule has 1 rings (SSSR count). The van der Waals surface area contributed by atoms with E-state index >= 15 is 0 Å². The van der Waals surface area contributed by atoms with E-state index in [1.54, 1.807) is 6.20 Å². The van der Waals surface area contributed by atoms with Gasteiger partial charge in [0.25, 0.3) is 0 Å². The third-order valence-electron chi connectivity index (χ3n) is 2.93. The molecular weight excluding hydrogens is 282 g/mol. The van der Waals surface area contributed by atoms with Gasteiger partial charge in [-0.3, -0.25) is 5.43 Å². The fourth-order valence-electron chi connectivity index (χ4n) is 1.12. The summed E-state index contributed by atoms with van der Waals surface area (Å²) in [6.07, 6.45) is 1.67. The molecule has 0 aliphatic rings. The van der Waals surface area contributed by atoms with Crippen molar-refractivity contribution in [2.75, 3.05) is 17.3 Å². The number of nitrogen functional groups attached to an aromatic ring is 1. The minimum Gasteiger partial charge on any atom is -0.369 e. The summed E-state index contributed by atoms with van der Waals surface area (Å²) in [5, 5.41) is 3.30. The Morgan fingerprint density at radius 1 is 1.47 bits per heavy atom. The molecule has 0 saturated heterocycles. The van der Waals surface area contributed by atoms with Crippen molar-refractivity contribution in [1.82, 2.24) is 9.97 Å². The molecule has 1 heterocycles. The van der Waals surface area contributed by atoms with Crippen LogP contribution in [-0.2, 0) is 0 Å². The highest BCUT2D eigenvalue weighted by molar-refractivity contribution is 9.10. The second kappa shape index (κ2) is 5.64. The monoisotopic (exact) mass is 301 g/mol. The summed E-state index contributed by atoms with van der Waals surface area (Å²) in [5.74, 6) is 6.96. The van der Waals surface area contributed by atoms with Gasteiger partial charge in [-0.05, 0) is 27.3 Å². The largest absolute Gasteiger partial charge is 0.369 e. The lowest BCUT2D eigenvalue weighted by Crippen LogP contribution is -2.25. The molecule has 1 unspecified atom stereocenters. The van der Waals surface area contributed by atoms with Crippen molar-refractivity contribution in [2.45, 2.75) is 27.7 Å². The number of halogens is 1. The molecule has 4 N–H and O–H groups in total. The maximum absolute atomic E-state index is 5.28. The summed E-state index contributed by atoms with van der Waals surface area (Å²) >= 11 is 3.40. The van der Waals surface area contributed by atoms with Gasteiger partial charge in [-0.15, -0.1) is 0 Å². The van der Waals surface area contributed by atoms with E-state index in [1.807, 2.05) is 0 Å². The molecule has 96 valence electrons. The van der Waals surface area contributed by atoms with E-state index in [2.05, 4.69) is 64.3 Å². The lowest BCUT2D eigenvalue weighted by Gasteiger charge is -2.27. The Bertz CT molecular complexity index is 375. The molecule has 0 aliphatic heterocycles. The molecule has 0 bridgehead atoms. The lowest BCUT2D eigenvalue weighted by molar-refractivity contribution is 0.274. The van der Waals surface area contributed by atoms with Gasteiger partial charge < -0.3 is 5.32 Å². The van der Waals surface area contributed by atoms with Crippen molar-refractivity contribution in [3.63, 3.8) is 0 Å². The summed E-state index contributed by atoms with van der Waals surface area (Å²) < 4.78 is 0.831. The Morgan fingerprint density at radius 3 is 2.65 bits per heavy atom. The highest BCUT2D eigenvalue weighted by Gasteiger charge is 2.20. The van der Waals surface area contributed by atoms with Crippen LogP contribution in [0, 0.1) is 11.3 Å². The summed E-state index contributed by atoms with van der Waals surface area (Å²) in [6, 6.07) is 0. The molecule has 0 aliphatic carbocycles. The number of rotatable bonds is 4. The molecule has 17 heavy (non-hydrogen) atoms. The zero-order valence-electron chi connectivity index (χ0n) is 10.7. The average molecular weight is 302 g/mol. The molecule has 0 fully saturated rings. The van der Waals surface area contributed by atoms with Gasteiger partial charge in [0, 0.05) is 12.7 Å². The molecule has 0 amide bonds. The Balaban J connectivity index is 2.69. The second-order valence-electron chi connectivity index (χ2n) is 5.18. The standard InChI is InChI=1S/C11H20BrN5/c1-7(11(2,3)4)5-14-9-8(12)6-15-10(16-9)17-13/h6-7H,5,13H2,1-4H3,(H2,14,15,16,17). The number of nitrogens with zero attached hydrogens (tertiary/aromatic N) is 2. The van der Waals surface area contributed by atoms with Gasteiger partial charge in [0.2, 0.25) is 5.95 Å². The quantitative estimate of drug-likeness (QED) is 0.589. The lowest BCUT2D eigenvalue weighted by atomic mass is 9.82. The van der Waals surface area contributed by atoms with Gasteiger partial charge in [0.05, 0.1) is 4.47 Å². The van der Waals surface area contributed by atoms with Gasteiger partial charge in [-0.25, -0.2) is 10.8 Å². The molecule has 6 heteroatoms. The van der Waals surface area contributed by atoms with Crippen molar-refractivity contribution in [3.05, 3.63) is 10.7 Å². The van der Waals surface area contributed by atoms with E-state index in [1.165, 1.54) is 0 Å². The zero-order chi connectivity index (χ0) is 13.1. The summed E-state index contributed by atoms with van der Waals surface area (Å²) in [7, 11) is 0. The van der Waals surface area contributed by atoms with E-state index in [9.17, 15) is 0 Å². The Hall–Kier alpha value is -0.880. The van der Waals surface area contributed by atoms with Crippen LogP contribution in [0.25, 0.3) is 0 Å². The second-order valence-corrected chi connectivity index (χ2v) is 6.04. The van der Waals surface area contributed by atoms with E-state index in [4.69, 9.17) is 5.84 Å². The highest BCUT2D eigenvalue weighted by atomic mass is 79.9. The molecule has 0 radical (unpaired) electrons. The zero-order valence-corrected chi connectivity index (χ0v) is 12.3. The van der Waals surface area contributed by atoms with Crippen LogP contribution in [0.3, 0.4) is 0 Å². The summed E-state index contributed by atoms with van der Waals surface area (Å²) in [6.45, 7) is 9.73. The van der Waals surface area contributed by atoms with Crippen LogP contribution < -0.4 is 16.6 Å². The van der Waals surface area contributed by atoms with Crippen molar-refractivity contribution >= 4 is 27.7 Å². The number of nitrogens with two attached hydrogens (primary N) is 1. The first-order valence-corrected chi connectivity index (χ1v) is 6.37. The number of aromatic nitrogens is 2. The van der Waals surface area contributed by atoms with Gasteiger partial charge in [-0.2, -0.15) is 4.98 Å².